The topological polar surface area (TPSA) is 38.5 Å². The zero-order chi connectivity index (χ0) is 11.4. The number of morpholine rings is 1. The molecule has 90 valence electrons. The molecule has 1 rings (SSSR count). The van der Waals surface area contributed by atoms with Crippen molar-refractivity contribution in [2.45, 2.75) is 52.4 Å². The molecule has 0 radical (unpaired) electrons. The Morgan fingerprint density at radius 2 is 1.80 bits per heavy atom. The van der Waals surface area contributed by atoms with Crippen LogP contribution in [0.2, 0.25) is 0 Å². The maximum Gasteiger partial charge on any atom is 0.0678 e. The fourth-order valence-corrected chi connectivity index (χ4v) is 2.13. The summed E-state index contributed by atoms with van der Waals surface area (Å²) in [5.41, 5.74) is 6.05. The SMILES string of the molecule is CC(C)C(N)CCN1C[C@@H](C)O[C@@H](C)C1. The second kappa shape index (κ2) is 5.83. The molecule has 1 fully saturated rings. The highest BCUT2D eigenvalue weighted by molar-refractivity contribution is 4.75. The highest BCUT2D eigenvalue weighted by Crippen LogP contribution is 2.12. The van der Waals surface area contributed by atoms with E-state index in [0.29, 0.717) is 24.2 Å². The number of nitrogens with zero attached hydrogens (tertiary/aromatic N) is 1. The van der Waals surface area contributed by atoms with Gasteiger partial charge in [-0.1, -0.05) is 13.8 Å². The normalized spacial score (nSPS) is 30.8. The number of rotatable bonds is 4. The molecule has 0 aromatic rings. The standard InChI is InChI=1S/C12H26N2O/c1-9(2)12(13)5-6-14-7-10(3)15-11(4)8-14/h9-12H,5-8,13H2,1-4H3/t10-,11+,12?. The van der Waals surface area contributed by atoms with Gasteiger partial charge in [0, 0.05) is 19.1 Å². The number of nitrogens with two attached hydrogens (primary N) is 1. The summed E-state index contributed by atoms with van der Waals surface area (Å²) in [7, 11) is 0. The van der Waals surface area contributed by atoms with E-state index in [9.17, 15) is 0 Å². The molecule has 1 aliphatic heterocycles. The van der Waals surface area contributed by atoms with Crippen molar-refractivity contribution < 1.29 is 4.74 Å². The molecule has 3 nitrogen and oxygen atoms in total. The molecule has 0 bridgehead atoms. The van der Waals surface area contributed by atoms with E-state index in [-0.39, 0.29) is 0 Å². The molecule has 3 atom stereocenters. The number of ether oxygens (including phenoxy) is 1. The van der Waals surface area contributed by atoms with Gasteiger partial charge in [-0.3, -0.25) is 4.90 Å². The van der Waals surface area contributed by atoms with Gasteiger partial charge in [0.2, 0.25) is 0 Å². The van der Waals surface area contributed by atoms with Crippen molar-refractivity contribution in [3.05, 3.63) is 0 Å². The average molecular weight is 214 g/mol. The van der Waals surface area contributed by atoms with Crippen LogP contribution in [0.3, 0.4) is 0 Å². The van der Waals surface area contributed by atoms with Gasteiger partial charge < -0.3 is 10.5 Å². The van der Waals surface area contributed by atoms with Crippen molar-refractivity contribution in [1.29, 1.82) is 0 Å². The van der Waals surface area contributed by atoms with Crippen LogP contribution in [-0.2, 0) is 4.74 Å². The largest absolute Gasteiger partial charge is 0.373 e. The molecule has 0 amide bonds. The minimum absolute atomic E-state index is 0.332. The van der Waals surface area contributed by atoms with Gasteiger partial charge in [-0.2, -0.15) is 0 Å². The average Bonchev–Trinajstić information content (AvgIpc) is 2.12. The van der Waals surface area contributed by atoms with E-state index < -0.39 is 0 Å². The first-order valence-electron chi connectivity index (χ1n) is 6.12. The second-order valence-electron chi connectivity index (χ2n) is 5.21. The third-order valence-electron chi connectivity index (χ3n) is 3.13. The van der Waals surface area contributed by atoms with Gasteiger partial charge in [-0.05, 0) is 32.7 Å². The molecule has 0 saturated carbocycles. The Balaban J connectivity index is 2.26. The third-order valence-corrected chi connectivity index (χ3v) is 3.13. The summed E-state index contributed by atoms with van der Waals surface area (Å²) >= 11 is 0. The first-order chi connectivity index (χ1) is 6.99. The summed E-state index contributed by atoms with van der Waals surface area (Å²) in [6.45, 7) is 11.9. The number of hydrogen-bond donors (Lipinski definition) is 1. The van der Waals surface area contributed by atoms with E-state index >= 15 is 0 Å². The predicted molar refractivity (Wildman–Crippen MR) is 63.9 cm³/mol. The van der Waals surface area contributed by atoms with Crippen molar-refractivity contribution in [2.24, 2.45) is 11.7 Å². The molecular formula is C12H26N2O. The summed E-state index contributed by atoms with van der Waals surface area (Å²) in [5, 5.41) is 0. The molecule has 0 spiro atoms. The Kier molecular flexibility index (Phi) is 5.03. The van der Waals surface area contributed by atoms with Gasteiger partial charge in [-0.25, -0.2) is 0 Å². The highest BCUT2D eigenvalue weighted by atomic mass is 16.5. The van der Waals surface area contributed by atoms with Crippen LogP contribution in [0.1, 0.15) is 34.1 Å². The van der Waals surface area contributed by atoms with Crippen LogP contribution in [0, 0.1) is 5.92 Å². The summed E-state index contributed by atoms with van der Waals surface area (Å²) < 4.78 is 5.70. The third kappa shape index (κ3) is 4.49. The Bertz CT molecular complexity index is 174. The molecule has 0 aliphatic carbocycles. The maximum absolute atomic E-state index is 6.05. The van der Waals surface area contributed by atoms with Crippen LogP contribution in [-0.4, -0.2) is 42.8 Å². The molecule has 2 N–H and O–H groups in total. The molecule has 0 aromatic heterocycles. The molecule has 1 heterocycles. The van der Waals surface area contributed by atoms with Crippen molar-refractivity contribution in [3.8, 4) is 0 Å². The first kappa shape index (κ1) is 12.9. The zero-order valence-electron chi connectivity index (χ0n) is 10.6. The highest BCUT2D eigenvalue weighted by Gasteiger charge is 2.22. The van der Waals surface area contributed by atoms with E-state index in [1.807, 2.05) is 0 Å². The molecule has 3 heteroatoms. The summed E-state index contributed by atoms with van der Waals surface area (Å²) in [6, 6.07) is 0.332. The van der Waals surface area contributed by atoms with E-state index in [2.05, 4.69) is 32.6 Å². The van der Waals surface area contributed by atoms with Gasteiger partial charge in [-0.15, -0.1) is 0 Å². The quantitative estimate of drug-likeness (QED) is 0.770. The van der Waals surface area contributed by atoms with Gasteiger partial charge in [0.05, 0.1) is 12.2 Å². The maximum atomic E-state index is 6.05. The van der Waals surface area contributed by atoms with Crippen molar-refractivity contribution >= 4 is 0 Å². The molecule has 1 unspecified atom stereocenters. The Labute approximate surface area is 94.0 Å². The molecule has 1 saturated heterocycles. The van der Waals surface area contributed by atoms with Gasteiger partial charge in [0.1, 0.15) is 0 Å². The van der Waals surface area contributed by atoms with Crippen LogP contribution in [0.5, 0.6) is 0 Å². The Hall–Kier alpha value is -0.120. The summed E-state index contributed by atoms with van der Waals surface area (Å²) in [4.78, 5) is 2.47. The monoisotopic (exact) mass is 214 g/mol. The van der Waals surface area contributed by atoms with E-state index in [1.54, 1.807) is 0 Å². The Morgan fingerprint density at radius 3 is 2.27 bits per heavy atom. The van der Waals surface area contributed by atoms with Gasteiger partial charge in [0.15, 0.2) is 0 Å². The first-order valence-corrected chi connectivity index (χ1v) is 6.12. The minimum Gasteiger partial charge on any atom is -0.373 e. The van der Waals surface area contributed by atoms with Crippen LogP contribution in [0.4, 0.5) is 0 Å². The molecule has 0 aromatic carbocycles. The fourth-order valence-electron chi connectivity index (χ4n) is 2.13. The van der Waals surface area contributed by atoms with Crippen LogP contribution in [0.25, 0.3) is 0 Å². The van der Waals surface area contributed by atoms with E-state index in [1.165, 1.54) is 0 Å². The molecule has 1 aliphatic rings. The zero-order valence-corrected chi connectivity index (χ0v) is 10.6. The predicted octanol–water partition coefficient (Wildman–Crippen LogP) is 1.47. The molecule has 15 heavy (non-hydrogen) atoms. The lowest BCUT2D eigenvalue weighted by atomic mass is 10.0. The minimum atomic E-state index is 0.332. The van der Waals surface area contributed by atoms with E-state index in [0.717, 1.165) is 26.1 Å². The summed E-state index contributed by atoms with van der Waals surface area (Å²) in [6.07, 6.45) is 1.82. The summed E-state index contributed by atoms with van der Waals surface area (Å²) in [5.74, 6) is 0.584. The smallest absolute Gasteiger partial charge is 0.0678 e. The van der Waals surface area contributed by atoms with E-state index in [4.69, 9.17) is 10.5 Å². The second-order valence-corrected chi connectivity index (χ2v) is 5.21. The lowest BCUT2D eigenvalue weighted by Crippen LogP contribution is -2.46. The fraction of sp³-hybridized carbons (Fsp3) is 1.00. The van der Waals surface area contributed by atoms with Crippen LogP contribution in [0.15, 0.2) is 0 Å². The van der Waals surface area contributed by atoms with Crippen LogP contribution >= 0.6 is 0 Å². The van der Waals surface area contributed by atoms with Crippen molar-refractivity contribution in [1.82, 2.24) is 4.90 Å². The lowest BCUT2D eigenvalue weighted by molar-refractivity contribution is -0.0685. The van der Waals surface area contributed by atoms with Crippen LogP contribution < -0.4 is 5.73 Å². The number of hydrogen-bond acceptors (Lipinski definition) is 3. The molecular weight excluding hydrogens is 188 g/mol. The van der Waals surface area contributed by atoms with Crippen molar-refractivity contribution in [3.63, 3.8) is 0 Å². The lowest BCUT2D eigenvalue weighted by Gasteiger charge is -2.36. The van der Waals surface area contributed by atoms with Gasteiger partial charge >= 0.3 is 0 Å². The van der Waals surface area contributed by atoms with Gasteiger partial charge in [0.25, 0.3) is 0 Å². The van der Waals surface area contributed by atoms with Crippen molar-refractivity contribution in [2.75, 3.05) is 19.6 Å². The Morgan fingerprint density at radius 1 is 1.27 bits per heavy atom.